The van der Waals surface area contributed by atoms with E-state index in [4.69, 9.17) is 4.74 Å². The number of aromatic nitrogens is 4. The average molecular weight is 359 g/mol. The van der Waals surface area contributed by atoms with Crippen LogP contribution in [0.4, 0.5) is 0 Å². The van der Waals surface area contributed by atoms with Crippen LogP contribution in [0.25, 0.3) is 5.69 Å². The molecule has 8 heteroatoms. The maximum absolute atomic E-state index is 12.4. The van der Waals surface area contributed by atoms with Crippen LogP contribution >= 0.6 is 11.8 Å². The standard InChI is InChI=1S/C17H21N5O2S/c1-5-9-21(10-6-2)16(23)12-25-17-18-19-20-22(17)14-11-13(3)7-8-15(14)24-4/h5-8,11H,1-2,9-10,12H2,3-4H3. The maximum atomic E-state index is 12.4. The monoisotopic (exact) mass is 359 g/mol. The van der Waals surface area contributed by atoms with E-state index in [0.29, 0.717) is 24.0 Å². The number of amides is 1. The first-order valence-corrected chi connectivity index (χ1v) is 8.65. The summed E-state index contributed by atoms with van der Waals surface area (Å²) in [6.07, 6.45) is 3.38. The smallest absolute Gasteiger partial charge is 0.233 e. The van der Waals surface area contributed by atoms with Crippen molar-refractivity contribution in [1.29, 1.82) is 0 Å². The lowest BCUT2D eigenvalue weighted by molar-refractivity contribution is -0.127. The number of benzene rings is 1. The van der Waals surface area contributed by atoms with Crippen LogP contribution in [0.15, 0.2) is 48.7 Å². The number of thioether (sulfide) groups is 1. The fourth-order valence-electron chi connectivity index (χ4n) is 2.19. The third kappa shape index (κ3) is 4.69. The maximum Gasteiger partial charge on any atom is 0.233 e. The zero-order valence-electron chi connectivity index (χ0n) is 14.4. The average Bonchev–Trinajstić information content (AvgIpc) is 3.07. The summed E-state index contributed by atoms with van der Waals surface area (Å²) < 4.78 is 6.96. The molecule has 1 aromatic heterocycles. The van der Waals surface area contributed by atoms with Crippen LogP contribution in [0.2, 0.25) is 0 Å². The van der Waals surface area contributed by atoms with Gasteiger partial charge in [-0.25, -0.2) is 0 Å². The molecule has 132 valence electrons. The second-order valence-corrected chi connectivity index (χ2v) is 6.16. The Kier molecular flexibility index (Phi) is 6.76. The van der Waals surface area contributed by atoms with Crippen molar-refractivity contribution in [2.24, 2.45) is 0 Å². The van der Waals surface area contributed by atoms with E-state index in [1.54, 1.807) is 28.8 Å². The predicted octanol–water partition coefficient (Wildman–Crippen LogP) is 2.27. The summed E-state index contributed by atoms with van der Waals surface area (Å²) in [4.78, 5) is 14.0. The molecule has 0 atom stereocenters. The summed E-state index contributed by atoms with van der Waals surface area (Å²) in [5.74, 6) is 0.845. The third-order valence-electron chi connectivity index (χ3n) is 3.38. The van der Waals surface area contributed by atoms with Crippen LogP contribution in [-0.4, -0.2) is 57.0 Å². The van der Waals surface area contributed by atoms with Gasteiger partial charge in [0.1, 0.15) is 11.4 Å². The van der Waals surface area contributed by atoms with Gasteiger partial charge in [0.25, 0.3) is 0 Å². The van der Waals surface area contributed by atoms with Crippen molar-refractivity contribution in [3.63, 3.8) is 0 Å². The van der Waals surface area contributed by atoms with Gasteiger partial charge in [0.2, 0.25) is 11.1 Å². The van der Waals surface area contributed by atoms with Gasteiger partial charge in [0.15, 0.2) is 0 Å². The summed E-state index contributed by atoms with van der Waals surface area (Å²) in [6, 6.07) is 5.75. The quantitative estimate of drug-likeness (QED) is 0.505. The molecule has 0 bridgehead atoms. The van der Waals surface area contributed by atoms with E-state index in [-0.39, 0.29) is 11.7 Å². The van der Waals surface area contributed by atoms with Gasteiger partial charge in [0, 0.05) is 13.1 Å². The van der Waals surface area contributed by atoms with Crippen molar-refractivity contribution in [3.8, 4) is 11.4 Å². The lowest BCUT2D eigenvalue weighted by Crippen LogP contribution is -2.32. The minimum absolute atomic E-state index is 0.0319. The molecule has 7 nitrogen and oxygen atoms in total. The number of ether oxygens (including phenoxy) is 1. The van der Waals surface area contributed by atoms with Crippen LogP contribution in [0.5, 0.6) is 5.75 Å². The molecule has 0 aliphatic heterocycles. The molecule has 0 spiro atoms. The molecule has 0 N–H and O–H groups in total. The lowest BCUT2D eigenvalue weighted by atomic mass is 10.2. The van der Waals surface area contributed by atoms with Crippen LogP contribution in [0, 0.1) is 6.92 Å². The number of tetrazole rings is 1. The number of nitrogens with zero attached hydrogens (tertiary/aromatic N) is 5. The molecule has 0 fully saturated rings. The first-order valence-electron chi connectivity index (χ1n) is 7.66. The first kappa shape index (κ1) is 18.7. The Labute approximate surface area is 151 Å². The van der Waals surface area contributed by atoms with Crippen molar-refractivity contribution in [3.05, 3.63) is 49.1 Å². The molecule has 0 unspecified atom stereocenters. The Hall–Kier alpha value is -2.61. The fraction of sp³-hybridized carbons (Fsp3) is 0.294. The predicted molar refractivity (Wildman–Crippen MR) is 98.1 cm³/mol. The number of hydrogen-bond donors (Lipinski definition) is 0. The van der Waals surface area contributed by atoms with E-state index in [1.807, 2.05) is 25.1 Å². The molecule has 1 heterocycles. The molecule has 0 saturated carbocycles. The van der Waals surface area contributed by atoms with Crippen LogP contribution in [0.3, 0.4) is 0 Å². The van der Waals surface area contributed by atoms with E-state index in [2.05, 4.69) is 28.7 Å². The fourth-order valence-corrected chi connectivity index (χ4v) is 2.98. The van der Waals surface area contributed by atoms with Crippen LogP contribution in [-0.2, 0) is 4.79 Å². The van der Waals surface area contributed by atoms with E-state index < -0.39 is 0 Å². The third-order valence-corrected chi connectivity index (χ3v) is 4.28. The van der Waals surface area contributed by atoms with Crippen molar-refractivity contribution in [2.45, 2.75) is 12.1 Å². The van der Waals surface area contributed by atoms with Crippen molar-refractivity contribution in [1.82, 2.24) is 25.1 Å². The molecule has 0 saturated heterocycles. The largest absolute Gasteiger partial charge is 0.494 e. The minimum atomic E-state index is -0.0319. The van der Waals surface area contributed by atoms with E-state index in [0.717, 1.165) is 11.3 Å². The zero-order valence-corrected chi connectivity index (χ0v) is 15.2. The van der Waals surface area contributed by atoms with E-state index in [9.17, 15) is 4.79 Å². The van der Waals surface area contributed by atoms with Crippen molar-refractivity contribution >= 4 is 17.7 Å². The Bertz CT molecular complexity index is 749. The summed E-state index contributed by atoms with van der Waals surface area (Å²) >= 11 is 1.27. The molecule has 2 aromatic rings. The molecule has 0 radical (unpaired) electrons. The Balaban J connectivity index is 2.17. The molecule has 1 amide bonds. The van der Waals surface area contributed by atoms with E-state index >= 15 is 0 Å². The Morgan fingerprint density at radius 2 is 2.08 bits per heavy atom. The number of carbonyl (C=O) groups excluding carboxylic acids is 1. The number of aryl methyl sites for hydroxylation is 1. The number of carbonyl (C=O) groups is 1. The second kappa shape index (κ2) is 9.03. The van der Waals surface area contributed by atoms with Gasteiger partial charge in [0.05, 0.1) is 12.9 Å². The van der Waals surface area contributed by atoms with Gasteiger partial charge in [-0.15, -0.1) is 18.3 Å². The molecule has 1 aromatic carbocycles. The second-order valence-electron chi connectivity index (χ2n) is 5.21. The highest BCUT2D eigenvalue weighted by Gasteiger charge is 2.17. The highest BCUT2D eigenvalue weighted by Crippen LogP contribution is 2.27. The number of methoxy groups -OCH3 is 1. The Morgan fingerprint density at radius 1 is 1.36 bits per heavy atom. The summed E-state index contributed by atoms with van der Waals surface area (Å²) in [6.45, 7) is 10.3. The van der Waals surface area contributed by atoms with Gasteiger partial charge in [-0.05, 0) is 35.0 Å². The van der Waals surface area contributed by atoms with Gasteiger partial charge in [-0.1, -0.05) is 30.0 Å². The van der Waals surface area contributed by atoms with Gasteiger partial charge < -0.3 is 9.64 Å². The Morgan fingerprint density at radius 3 is 2.72 bits per heavy atom. The highest BCUT2D eigenvalue weighted by molar-refractivity contribution is 7.99. The molecular weight excluding hydrogens is 338 g/mol. The van der Waals surface area contributed by atoms with Crippen molar-refractivity contribution in [2.75, 3.05) is 26.0 Å². The van der Waals surface area contributed by atoms with Gasteiger partial charge in [-0.2, -0.15) is 4.68 Å². The molecule has 2 rings (SSSR count). The van der Waals surface area contributed by atoms with Crippen LogP contribution < -0.4 is 4.74 Å². The van der Waals surface area contributed by atoms with Crippen LogP contribution in [0.1, 0.15) is 5.56 Å². The van der Waals surface area contributed by atoms with Crippen molar-refractivity contribution < 1.29 is 9.53 Å². The highest BCUT2D eigenvalue weighted by atomic mass is 32.2. The topological polar surface area (TPSA) is 73.1 Å². The SMILES string of the molecule is C=CCN(CC=C)C(=O)CSc1nnnn1-c1cc(C)ccc1OC. The summed E-state index contributed by atoms with van der Waals surface area (Å²) in [5.41, 5.74) is 1.79. The first-order chi connectivity index (χ1) is 12.1. The summed E-state index contributed by atoms with van der Waals surface area (Å²) in [7, 11) is 1.59. The normalized spacial score (nSPS) is 10.3. The lowest BCUT2D eigenvalue weighted by Gasteiger charge is -2.18. The summed E-state index contributed by atoms with van der Waals surface area (Å²) in [5, 5.41) is 12.3. The molecule has 0 aliphatic carbocycles. The van der Waals surface area contributed by atoms with Gasteiger partial charge in [-0.3, -0.25) is 4.79 Å². The minimum Gasteiger partial charge on any atom is -0.494 e. The molecular formula is C17H21N5O2S. The number of rotatable bonds is 9. The number of hydrogen-bond acceptors (Lipinski definition) is 6. The van der Waals surface area contributed by atoms with E-state index in [1.165, 1.54) is 11.8 Å². The van der Waals surface area contributed by atoms with Gasteiger partial charge >= 0.3 is 0 Å². The molecule has 25 heavy (non-hydrogen) atoms. The molecule has 0 aliphatic rings. The zero-order chi connectivity index (χ0) is 18.2.